The van der Waals surface area contributed by atoms with Crippen LogP contribution in [0.25, 0.3) is 0 Å². The van der Waals surface area contributed by atoms with Gasteiger partial charge in [-0.25, -0.2) is 0 Å². The molecule has 0 radical (unpaired) electrons. The van der Waals surface area contributed by atoms with Gasteiger partial charge in [-0.1, -0.05) is 72.2 Å². The summed E-state index contributed by atoms with van der Waals surface area (Å²) in [5.74, 6) is -0.429. The predicted octanol–water partition coefficient (Wildman–Crippen LogP) is 3.62. The van der Waals surface area contributed by atoms with Crippen molar-refractivity contribution in [3.8, 4) is 0 Å². The maximum atomic E-state index is 13.1. The largest absolute Gasteiger partial charge is 0.348 e. The molecule has 3 rings (SSSR count). The van der Waals surface area contributed by atoms with E-state index in [0.717, 1.165) is 15.6 Å². The van der Waals surface area contributed by atoms with Crippen molar-refractivity contribution in [1.29, 1.82) is 0 Å². The maximum Gasteiger partial charge on any atom is 0.243 e. The number of nitrogens with one attached hydrogen (secondary N) is 2. The van der Waals surface area contributed by atoms with Gasteiger partial charge in [-0.3, -0.25) is 9.59 Å². The average Bonchev–Trinajstić information content (AvgIpc) is 3.32. The fraction of sp³-hybridized carbons (Fsp3) is 0.440. The van der Waals surface area contributed by atoms with Crippen LogP contribution in [-0.4, -0.2) is 43.4 Å². The van der Waals surface area contributed by atoms with Gasteiger partial charge in [0.05, 0.1) is 19.3 Å². The number of amides is 2. The first-order valence-corrected chi connectivity index (χ1v) is 11.8. The van der Waals surface area contributed by atoms with Crippen molar-refractivity contribution < 1.29 is 19.1 Å². The number of ether oxygens (including phenoxy) is 2. The van der Waals surface area contributed by atoms with Crippen LogP contribution in [0.2, 0.25) is 0 Å². The van der Waals surface area contributed by atoms with Crippen LogP contribution in [-0.2, 0) is 31.9 Å². The van der Waals surface area contributed by atoms with Crippen LogP contribution in [0.1, 0.15) is 31.4 Å². The molecule has 6 nitrogen and oxygen atoms in total. The number of halogens is 1. The SMILES string of the molecule is CC(C)[C@H](NC(=O)CCc1ccc(Br)cc1)C(=O)NC(Cc1ccccc1)C1OCCO1. The first-order valence-electron chi connectivity index (χ1n) is 11.0. The topological polar surface area (TPSA) is 76.7 Å². The third-order valence-electron chi connectivity index (χ3n) is 5.42. The van der Waals surface area contributed by atoms with E-state index in [1.54, 1.807) is 0 Å². The Labute approximate surface area is 198 Å². The van der Waals surface area contributed by atoms with Crippen molar-refractivity contribution in [3.05, 3.63) is 70.2 Å². The molecular weight excluding hydrogens is 472 g/mol. The van der Waals surface area contributed by atoms with Crippen LogP contribution in [0.3, 0.4) is 0 Å². The zero-order valence-corrected chi connectivity index (χ0v) is 20.1. The Hall–Kier alpha value is -2.22. The molecule has 172 valence electrons. The van der Waals surface area contributed by atoms with Gasteiger partial charge in [0.25, 0.3) is 0 Å². The Morgan fingerprint density at radius 2 is 1.62 bits per heavy atom. The molecule has 0 aliphatic carbocycles. The number of hydrogen-bond donors (Lipinski definition) is 2. The molecule has 0 saturated carbocycles. The lowest BCUT2D eigenvalue weighted by Crippen LogP contribution is -2.55. The van der Waals surface area contributed by atoms with Gasteiger partial charge < -0.3 is 20.1 Å². The number of carbonyl (C=O) groups excluding carboxylic acids is 2. The summed E-state index contributed by atoms with van der Waals surface area (Å²) in [6, 6.07) is 16.8. The van der Waals surface area contributed by atoms with E-state index >= 15 is 0 Å². The lowest BCUT2D eigenvalue weighted by atomic mass is 10.0. The molecule has 2 amide bonds. The van der Waals surface area contributed by atoms with Crippen molar-refractivity contribution in [3.63, 3.8) is 0 Å². The lowest BCUT2D eigenvalue weighted by Gasteiger charge is -2.28. The first-order chi connectivity index (χ1) is 15.4. The maximum absolute atomic E-state index is 13.1. The number of carbonyl (C=O) groups is 2. The van der Waals surface area contributed by atoms with Crippen molar-refractivity contribution in [2.75, 3.05) is 13.2 Å². The van der Waals surface area contributed by atoms with Gasteiger partial charge in [-0.05, 0) is 42.0 Å². The second kappa shape index (κ2) is 12.1. The molecule has 2 atom stereocenters. The highest BCUT2D eigenvalue weighted by atomic mass is 79.9. The molecule has 0 spiro atoms. The molecule has 7 heteroatoms. The summed E-state index contributed by atoms with van der Waals surface area (Å²) in [6.45, 7) is 4.86. The zero-order chi connectivity index (χ0) is 22.9. The second-order valence-electron chi connectivity index (χ2n) is 8.33. The van der Waals surface area contributed by atoms with E-state index in [9.17, 15) is 9.59 Å². The molecule has 2 aromatic rings. The van der Waals surface area contributed by atoms with Crippen LogP contribution in [0.4, 0.5) is 0 Å². The fourth-order valence-electron chi connectivity index (χ4n) is 3.65. The van der Waals surface area contributed by atoms with E-state index in [1.807, 2.05) is 68.4 Å². The van der Waals surface area contributed by atoms with Crippen molar-refractivity contribution >= 4 is 27.7 Å². The van der Waals surface area contributed by atoms with Crippen LogP contribution >= 0.6 is 15.9 Å². The minimum absolute atomic E-state index is 0.0607. The highest BCUT2D eigenvalue weighted by Crippen LogP contribution is 2.15. The Morgan fingerprint density at radius 3 is 2.25 bits per heavy atom. The third kappa shape index (κ3) is 7.43. The molecule has 1 aliphatic rings. The van der Waals surface area contributed by atoms with Crippen molar-refractivity contribution in [2.45, 2.75) is 51.5 Å². The molecule has 2 N–H and O–H groups in total. The van der Waals surface area contributed by atoms with Gasteiger partial charge >= 0.3 is 0 Å². The first kappa shape index (κ1) is 24.4. The summed E-state index contributed by atoms with van der Waals surface area (Å²) in [4.78, 5) is 25.7. The normalized spacial score (nSPS) is 16.0. The van der Waals surface area contributed by atoms with Gasteiger partial charge in [-0.15, -0.1) is 0 Å². The number of aryl methyl sites for hydroxylation is 1. The van der Waals surface area contributed by atoms with E-state index in [1.165, 1.54) is 0 Å². The number of hydrogen-bond acceptors (Lipinski definition) is 4. The van der Waals surface area contributed by atoms with Crippen molar-refractivity contribution in [1.82, 2.24) is 10.6 Å². The van der Waals surface area contributed by atoms with Crippen LogP contribution < -0.4 is 10.6 Å². The zero-order valence-electron chi connectivity index (χ0n) is 18.6. The van der Waals surface area contributed by atoms with Gasteiger partial charge in [-0.2, -0.15) is 0 Å². The summed E-state index contributed by atoms with van der Waals surface area (Å²) in [5, 5.41) is 5.98. The van der Waals surface area contributed by atoms with E-state index in [-0.39, 0.29) is 23.8 Å². The van der Waals surface area contributed by atoms with E-state index in [0.29, 0.717) is 32.5 Å². The second-order valence-corrected chi connectivity index (χ2v) is 9.25. The molecule has 0 bridgehead atoms. The molecule has 1 fully saturated rings. The van der Waals surface area contributed by atoms with Crippen molar-refractivity contribution in [2.24, 2.45) is 5.92 Å². The molecule has 1 saturated heterocycles. The van der Waals surface area contributed by atoms with Crippen LogP contribution in [0.15, 0.2) is 59.1 Å². The molecule has 1 aliphatic heterocycles. The standard InChI is InChI=1S/C25H31BrN2O4/c1-17(2)23(28-22(29)13-10-18-8-11-20(26)12-9-18)24(30)27-21(25-31-14-15-32-25)16-19-6-4-3-5-7-19/h3-9,11-12,17,21,23,25H,10,13-16H2,1-2H3,(H,27,30)(H,28,29)/t21?,23-/m0/s1. The Morgan fingerprint density at radius 1 is 0.969 bits per heavy atom. The van der Waals surface area contributed by atoms with E-state index in [2.05, 4.69) is 26.6 Å². The lowest BCUT2D eigenvalue weighted by molar-refractivity contribution is -0.133. The third-order valence-corrected chi connectivity index (χ3v) is 5.95. The smallest absolute Gasteiger partial charge is 0.243 e. The molecule has 32 heavy (non-hydrogen) atoms. The minimum Gasteiger partial charge on any atom is -0.348 e. The number of rotatable bonds is 10. The Bertz CT molecular complexity index is 867. The summed E-state index contributed by atoms with van der Waals surface area (Å²) in [6.07, 6.45) is 1.02. The molecule has 2 aromatic carbocycles. The summed E-state index contributed by atoms with van der Waals surface area (Å²) >= 11 is 3.41. The van der Waals surface area contributed by atoms with Gasteiger partial charge in [0, 0.05) is 10.9 Å². The predicted molar refractivity (Wildman–Crippen MR) is 127 cm³/mol. The Kier molecular flexibility index (Phi) is 9.26. The summed E-state index contributed by atoms with van der Waals surface area (Å²) in [5.41, 5.74) is 2.16. The highest BCUT2D eigenvalue weighted by Gasteiger charge is 2.32. The quantitative estimate of drug-likeness (QED) is 0.520. The van der Waals surface area contributed by atoms with Crippen LogP contribution in [0, 0.1) is 5.92 Å². The Balaban J connectivity index is 1.60. The minimum atomic E-state index is -0.632. The van der Waals surface area contributed by atoms with E-state index in [4.69, 9.17) is 9.47 Å². The van der Waals surface area contributed by atoms with Gasteiger partial charge in [0.1, 0.15) is 6.04 Å². The summed E-state index contributed by atoms with van der Waals surface area (Å²) < 4.78 is 12.4. The monoisotopic (exact) mass is 502 g/mol. The number of benzene rings is 2. The van der Waals surface area contributed by atoms with Gasteiger partial charge in [0.15, 0.2) is 6.29 Å². The van der Waals surface area contributed by atoms with Gasteiger partial charge in [0.2, 0.25) is 11.8 Å². The highest BCUT2D eigenvalue weighted by molar-refractivity contribution is 9.10. The van der Waals surface area contributed by atoms with E-state index < -0.39 is 12.3 Å². The average molecular weight is 503 g/mol. The fourth-order valence-corrected chi connectivity index (χ4v) is 3.92. The summed E-state index contributed by atoms with van der Waals surface area (Å²) in [7, 11) is 0. The molecule has 1 unspecified atom stereocenters. The molecular formula is C25H31BrN2O4. The van der Waals surface area contributed by atoms with Crippen LogP contribution in [0.5, 0.6) is 0 Å². The molecule has 1 heterocycles. The molecule has 0 aromatic heterocycles.